The summed E-state index contributed by atoms with van der Waals surface area (Å²) in [5.74, 6) is -0.289. The van der Waals surface area contributed by atoms with Crippen LogP contribution < -0.4 is 14.4 Å². The molecule has 128 valence electrons. The number of nitrogens with zero attached hydrogens (tertiary/aromatic N) is 2. The van der Waals surface area contributed by atoms with Crippen LogP contribution in [-0.2, 0) is 0 Å². The second-order valence-corrected chi connectivity index (χ2v) is 7.04. The molecule has 8 heteroatoms. The number of aromatic nitrogens is 1. The van der Waals surface area contributed by atoms with Crippen molar-refractivity contribution >= 4 is 39.8 Å². The lowest BCUT2D eigenvalue weighted by Gasteiger charge is -2.31. The van der Waals surface area contributed by atoms with E-state index in [0.29, 0.717) is 24.6 Å². The maximum absolute atomic E-state index is 14.1. The lowest BCUT2D eigenvalue weighted by molar-refractivity contribution is 0.312. The van der Waals surface area contributed by atoms with Gasteiger partial charge in [-0.2, -0.15) is 0 Å². The fourth-order valence-corrected chi connectivity index (χ4v) is 3.83. The summed E-state index contributed by atoms with van der Waals surface area (Å²) >= 11 is 2.93. The highest BCUT2D eigenvalue weighted by Gasteiger charge is 2.22. The van der Waals surface area contributed by atoms with Gasteiger partial charge < -0.3 is 14.4 Å². The summed E-state index contributed by atoms with van der Waals surface area (Å²) in [6.07, 6.45) is 1.73. The minimum absolute atomic E-state index is 0.214. The first-order chi connectivity index (χ1) is 12.2. The second-order valence-electron chi connectivity index (χ2n) is 5.27. The normalized spacial score (nSPS) is 13.3. The lowest BCUT2D eigenvalue weighted by atomic mass is 10.2. The van der Waals surface area contributed by atoms with Gasteiger partial charge in [-0.15, -0.1) is 11.3 Å². The minimum Gasteiger partial charge on any atom is -0.489 e. The third-order valence-electron chi connectivity index (χ3n) is 3.68. The van der Waals surface area contributed by atoms with Crippen LogP contribution in [0.25, 0.3) is 0 Å². The topological polar surface area (TPSA) is 37.4 Å². The quantitative estimate of drug-likeness (QED) is 0.643. The van der Waals surface area contributed by atoms with Gasteiger partial charge in [-0.25, -0.2) is 13.8 Å². The Morgan fingerprint density at radius 3 is 2.92 bits per heavy atom. The molecule has 0 unspecified atom stereocenters. The summed E-state index contributed by atoms with van der Waals surface area (Å²) in [6, 6.07) is 9.10. The molecule has 4 nitrogen and oxygen atoms in total. The first kappa shape index (κ1) is 16.2. The van der Waals surface area contributed by atoms with Gasteiger partial charge in [0.1, 0.15) is 24.0 Å². The molecule has 0 saturated carbocycles. The Hall–Kier alpha value is -2.32. The zero-order valence-corrected chi connectivity index (χ0v) is 14.5. The zero-order valence-electron chi connectivity index (χ0n) is 12.9. The Balaban J connectivity index is 1.60. The SMILES string of the molecule is Fc1ccc(F)c(N2CCOc3cc(SNc4nccs4)ccc32)c1. The third kappa shape index (κ3) is 3.40. The number of hydrogen-bond donors (Lipinski definition) is 1. The fourth-order valence-electron chi connectivity index (χ4n) is 2.58. The summed E-state index contributed by atoms with van der Waals surface area (Å²) in [4.78, 5) is 6.83. The summed E-state index contributed by atoms with van der Waals surface area (Å²) < 4.78 is 36.5. The number of hydrogen-bond acceptors (Lipinski definition) is 6. The van der Waals surface area contributed by atoms with Crippen molar-refractivity contribution in [3.05, 3.63) is 59.6 Å². The average molecular weight is 377 g/mol. The lowest BCUT2D eigenvalue weighted by Crippen LogP contribution is -2.29. The Bertz CT molecular complexity index is 890. The molecule has 0 amide bonds. The van der Waals surface area contributed by atoms with Gasteiger partial charge in [0.05, 0.1) is 17.9 Å². The van der Waals surface area contributed by atoms with Crippen molar-refractivity contribution in [2.75, 3.05) is 22.8 Å². The zero-order chi connectivity index (χ0) is 17.2. The molecule has 1 aliphatic heterocycles. The maximum Gasteiger partial charge on any atom is 0.192 e. The van der Waals surface area contributed by atoms with E-state index < -0.39 is 11.6 Å². The number of thiazole rings is 1. The number of benzene rings is 2. The van der Waals surface area contributed by atoms with Gasteiger partial charge in [0.25, 0.3) is 0 Å². The van der Waals surface area contributed by atoms with E-state index in [9.17, 15) is 8.78 Å². The molecule has 0 fully saturated rings. The molecule has 0 bridgehead atoms. The molecule has 1 aliphatic rings. The molecule has 1 N–H and O–H groups in total. The van der Waals surface area contributed by atoms with Gasteiger partial charge in [-0.05, 0) is 42.3 Å². The van der Waals surface area contributed by atoms with Crippen LogP contribution in [0.15, 0.2) is 52.9 Å². The van der Waals surface area contributed by atoms with Gasteiger partial charge in [0.2, 0.25) is 0 Å². The standard InChI is InChI=1S/C17H13F2N3OS2/c18-11-1-3-13(19)15(9-11)22-6-7-23-16-10-12(2-4-14(16)22)25-21-17-20-5-8-24-17/h1-5,8-10H,6-7H2,(H,20,21). The van der Waals surface area contributed by atoms with E-state index in [4.69, 9.17) is 4.74 Å². The molecular weight excluding hydrogens is 364 g/mol. The molecule has 2 aromatic carbocycles. The summed E-state index contributed by atoms with van der Waals surface area (Å²) in [6.45, 7) is 0.855. The van der Waals surface area contributed by atoms with Crippen molar-refractivity contribution in [3.8, 4) is 5.75 Å². The highest BCUT2D eigenvalue weighted by molar-refractivity contribution is 8.00. The van der Waals surface area contributed by atoms with Gasteiger partial charge >= 0.3 is 0 Å². The smallest absolute Gasteiger partial charge is 0.192 e. The van der Waals surface area contributed by atoms with Crippen LogP contribution in [0.2, 0.25) is 0 Å². The van der Waals surface area contributed by atoms with E-state index >= 15 is 0 Å². The molecular formula is C17H13F2N3OS2. The first-order valence-electron chi connectivity index (χ1n) is 7.52. The van der Waals surface area contributed by atoms with E-state index in [-0.39, 0.29) is 5.69 Å². The molecule has 25 heavy (non-hydrogen) atoms. The van der Waals surface area contributed by atoms with Crippen LogP contribution >= 0.6 is 23.3 Å². The summed E-state index contributed by atoms with van der Waals surface area (Å²) in [5, 5.41) is 2.71. The van der Waals surface area contributed by atoms with Crippen LogP contribution in [0.3, 0.4) is 0 Å². The van der Waals surface area contributed by atoms with E-state index in [2.05, 4.69) is 9.71 Å². The largest absolute Gasteiger partial charge is 0.489 e. The van der Waals surface area contributed by atoms with E-state index in [0.717, 1.165) is 22.2 Å². The first-order valence-corrected chi connectivity index (χ1v) is 9.22. The molecule has 0 radical (unpaired) electrons. The van der Waals surface area contributed by atoms with Crippen molar-refractivity contribution in [2.24, 2.45) is 0 Å². The van der Waals surface area contributed by atoms with Crippen molar-refractivity contribution < 1.29 is 13.5 Å². The van der Waals surface area contributed by atoms with Gasteiger partial charge in [0, 0.05) is 22.5 Å². The van der Waals surface area contributed by atoms with Crippen LogP contribution in [0.5, 0.6) is 5.75 Å². The van der Waals surface area contributed by atoms with E-state index in [1.165, 1.54) is 29.4 Å². The maximum atomic E-state index is 14.1. The Labute approximate surface area is 151 Å². The predicted molar refractivity (Wildman–Crippen MR) is 96.9 cm³/mol. The fraction of sp³-hybridized carbons (Fsp3) is 0.118. The van der Waals surface area contributed by atoms with Gasteiger partial charge in [-0.1, -0.05) is 0 Å². The van der Waals surface area contributed by atoms with Crippen LogP contribution in [-0.4, -0.2) is 18.1 Å². The molecule has 0 aliphatic carbocycles. The van der Waals surface area contributed by atoms with Crippen LogP contribution in [0.4, 0.5) is 25.3 Å². The Morgan fingerprint density at radius 2 is 2.08 bits per heavy atom. The second kappa shape index (κ2) is 6.89. The molecule has 4 rings (SSSR count). The summed E-state index contributed by atoms with van der Waals surface area (Å²) in [7, 11) is 0. The number of ether oxygens (including phenoxy) is 1. The highest BCUT2D eigenvalue weighted by Crippen LogP contribution is 2.40. The van der Waals surface area contributed by atoms with Gasteiger partial charge in [-0.3, -0.25) is 0 Å². The predicted octanol–water partition coefficient (Wildman–Crippen LogP) is 5.07. The number of fused-ring (bicyclic) bond motifs is 1. The van der Waals surface area contributed by atoms with Crippen LogP contribution in [0, 0.1) is 11.6 Å². The third-order valence-corrected chi connectivity index (χ3v) is 5.28. The van der Waals surface area contributed by atoms with E-state index in [1.807, 2.05) is 23.6 Å². The molecule has 0 spiro atoms. The Morgan fingerprint density at radius 1 is 1.16 bits per heavy atom. The molecule has 0 saturated heterocycles. The highest BCUT2D eigenvalue weighted by atomic mass is 32.2. The van der Waals surface area contributed by atoms with Crippen molar-refractivity contribution in [1.29, 1.82) is 0 Å². The van der Waals surface area contributed by atoms with Crippen LogP contribution in [0.1, 0.15) is 0 Å². The molecule has 1 aromatic heterocycles. The number of nitrogens with one attached hydrogen (secondary N) is 1. The van der Waals surface area contributed by atoms with Crippen molar-refractivity contribution in [1.82, 2.24) is 4.98 Å². The molecule has 3 aromatic rings. The molecule has 2 heterocycles. The minimum atomic E-state index is -0.468. The van der Waals surface area contributed by atoms with Crippen molar-refractivity contribution in [3.63, 3.8) is 0 Å². The number of rotatable bonds is 4. The monoisotopic (exact) mass is 377 g/mol. The van der Waals surface area contributed by atoms with Crippen molar-refractivity contribution in [2.45, 2.75) is 4.90 Å². The van der Waals surface area contributed by atoms with E-state index in [1.54, 1.807) is 11.1 Å². The van der Waals surface area contributed by atoms with Gasteiger partial charge in [0.15, 0.2) is 5.13 Å². The average Bonchev–Trinajstić information content (AvgIpc) is 3.15. The summed E-state index contributed by atoms with van der Waals surface area (Å²) in [5.41, 5.74) is 0.931. The molecule has 0 atom stereocenters. The Kier molecular flexibility index (Phi) is 4.46. The number of halogens is 2. The number of anilines is 3.